The topological polar surface area (TPSA) is 54.5 Å². The predicted octanol–water partition coefficient (Wildman–Crippen LogP) is 2.47. The fourth-order valence-electron chi connectivity index (χ4n) is 2.23. The second-order valence-corrected chi connectivity index (χ2v) is 8.53. The highest BCUT2D eigenvalue weighted by atomic mass is 35.5. The van der Waals surface area contributed by atoms with Gasteiger partial charge in [-0.2, -0.15) is 11.8 Å². The maximum absolute atomic E-state index is 12.2. The largest absolute Gasteiger partial charge is 0.353 e. The first-order valence-corrected chi connectivity index (χ1v) is 9.55. The number of carbonyl (C=O) groups excluding carboxylic acids is 1. The number of benzene rings is 1. The Morgan fingerprint density at radius 3 is 2.90 bits per heavy atom. The first kappa shape index (κ1) is 15.7. The Morgan fingerprint density at radius 2 is 2.25 bits per heavy atom. The number of rotatable bonds is 4. The Morgan fingerprint density at radius 1 is 1.50 bits per heavy atom. The Labute approximate surface area is 128 Å². The molecule has 1 atom stereocenters. The van der Waals surface area contributed by atoms with Crippen LogP contribution in [0.5, 0.6) is 0 Å². The fraction of sp³-hybridized carbons (Fsp3) is 0.462. The van der Waals surface area contributed by atoms with Gasteiger partial charge in [0, 0.05) is 40.1 Å². The van der Waals surface area contributed by atoms with Gasteiger partial charge < -0.3 is 4.90 Å². The maximum atomic E-state index is 12.2. The van der Waals surface area contributed by atoms with Gasteiger partial charge >= 0.3 is 0 Å². The highest BCUT2D eigenvalue weighted by Crippen LogP contribution is 2.30. The van der Waals surface area contributed by atoms with E-state index in [1.807, 2.05) is 4.90 Å². The third kappa shape index (κ3) is 3.13. The average Bonchev–Trinajstić information content (AvgIpc) is 2.47. The van der Waals surface area contributed by atoms with Crippen molar-refractivity contribution in [2.75, 3.05) is 28.7 Å². The molecule has 1 saturated heterocycles. The third-order valence-corrected chi connectivity index (χ3v) is 6.85. The third-order valence-electron chi connectivity index (χ3n) is 3.33. The molecule has 20 heavy (non-hydrogen) atoms. The van der Waals surface area contributed by atoms with Gasteiger partial charge in [0.15, 0.2) is 16.1 Å². The fourth-order valence-corrected chi connectivity index (χ4v) is 5.39. The van der Waals surface area contributed by atoms with Crippen LogP contribution in [0, 0.1) is 0 Å². The van der Waals surface area contributed by atoms with E-state index in [0.717, 1.165) is 12.0 Å². The van der Waals surface area contributed by atoms with Crippen molar-refractivity contribution in [3.8, 4) is 0 Å². The van der Waals surface area contributed by atoms with Gasteiger partial charge in [0.2, 0.25) is 0 Å². The van der Waals surface area contributed by atoms with Crippen LogP contribution in [0.3, 0.4) is 0 Å². The van der Waals surface area contributed by atoms with Crippen molar-refractivity contribution in [2.45, 2.75) is 12.3 Å². The standard InChI is InChI=1S/C13H16ClNO3S2/c1-2-20(17,18)13-9-19-6-5-15(13)12-4-3-11(14)7-10(12)8-16/h3-4,7-8,13H,2,5-6,9H2,1H3. The van der Waals surface area contributed by atoms with E-state index in [-0.39, 0.29) is 5.75 Å². The molecule has 0 spiro atoms. The van der Waals surface area contributed by atoms with Crippen LogP contribution in [-0.2, 0) is 9.84 Å². The quantitative estimate of drug-likeness (QED) is 0.792. The van der Waals surface area contributed by atoms with E-state index in [2.05, 4.69) is 0 Å². The molecular formula is C13H16ClNO3S2. The molecule has 0 bridgehead atoms. The van der Waals surface area contributed by atoms with Crippen LogP contribution in [-0.4, -0.2) is 43.9 Å². The van der Waals surface area contributed by atoms with Crippen LogP contribution in [0.1, 0.15) is 17.3 Å². The monoisotopic (exact) mass is 333 g/mol. The van der Waals surface area contributed by atoms with Crippen LogP contribution < -0.4 is 4.90 Å². The molecule has 1 fully saturated rings. The molecule has 1 aliphatic heterocycles. The molecule has 1 aromatic rings. The highest BCUT2D eigenvalue weighted by molar-refractivity contribution is 8.01. The Bertz CT molecular complexity index is 604. The lowest BCUT2D eigenvalue weighted by Gasteiger charge is -2.37. The summed E-state index contributed by atoms with van der Waals surface area (Å²) in [5.74, 6) is 1.46. The van der Waals surface area contributed by atoms with Gasteiger partial charge in [-0.15, -0.1) is 0 Å². The molecule has 7 heteroatoms. The average molecular weight is 334 g/mol. The number of hydrogen-bond donors (Lipinski definition) is 0. The van der Waals surface area contributed by atoms with Crippen molar-refractivity contribution in [3.05, 3.63) is 28.8 Å². The molecule has 4 nitrogen and oxygen atoms in total. The second kappa shape index (κ2) is 6.37. The number of halogens is 1. The van der Waals surface area contributed by atoms with Gasteiger partial charge in [0.25, 0.3) is 0 Å². The zero-order valence-electron chi connectivity index (χ0n) is 11.1. The van der Waals surface area contributed by atoms with E-state index in [1.165, 1.54) is 0 Å². The van der Waals surface area contributed by atoms with Gasteiger partial charge in [-0.1, -0.05) is 18.5 Å². The summed E-state index contributed by atoms with van der Waals surface area (Å²) in [5, 5.41) is -0.108. The lowest BCUT2D eigenvalue weighted by Crippen LogP contribution is -2.48. The van der Waals surface area contributed by atoms with Gasteiger partial charge in [-0.05, 0) is 18.2 Å². The second-order valence-electron chi connectivity index (χ2n) is 4.50. The molecule has 110 valence electrons. The Kier molecular flexibility index (Phi) is 4.99. The first-order chi connectivity index (χ1) is 9.49. The molecule has 0 aliphatic carbocycles. The molecule has 0 radical (unpaired) electrons. The molecule has 0 N–H and O–H groups in total. The maximum Gasteiger partial charge on any atom is 0.171 e. The molecule has 1 heterocycles. The van der Waals surface area contributed by atoms with Gasteiger partial charge in [0.05, 0.1) is 0 Å². The van der Waals surface area contributed by atoms with E-state index >= 15 is 0 Å². The zero-order chi connectivity index (χ0) is 14.8. The predicted molar refractivity (Wildman–Crippen MR) is 84.8 cm³/mol. The van der Waals surface area contributed by atoms with Crippen molar-refractivity contribution >= 4 is 45.2 Å². The molecule has 0 saturated carbocycles. The summed E-state index contributed by atoms with van der Waals surface area (Å²) >= 11 is 7.51. The summed E-state index contributed by atoms with van der Waals surface area (Å²) in [7, 11) is -3.20. The van der Waals surface area contributed by atoms with Crippen molar-refractivity contribution in [1.29, 1.82) is 0 Å². The number of nitrogens with zero attached hydrogens (tertiary/aromatic N) is 1. The number of aldehydes is 1. The molecular weight excluding hydrogens is 318 g/mol. The van der Waals surface area contributed by atoms with E-state index < -0.39 is 15.2 Å². The van der Waals surface area contributed by atoms with E-state index in [4.69, 9.17) is 11.6 Å². The molecule has 0 amide bonds. The summed E-state index contributed by atoms with van der Waals surface area (Å²) in [4.78, 5) is 13.0. The van der Waals surface area contributed by atoms with Crippen molar-refractivity contribution in [2.24, 2.45) is 0 Å². The minimum atomic E-state index is -3.20. The Balaban J connectivity index is 2.45. The molecule has 1 unspecified atom stereocenters. The van der Waals surface area contributed by atoms with Crippen molar-refractivity contribution in [1.82, 2.24) is 0 Å². The van der Waals surface area contributed by atoms with Crippen LogP contribution in [0.4, 0.5) is 5.69 Å². The number of carbonyl (C=O) groups is 1. The number of sulfone groups is 1. The lowest BCUT2D eigenvalue weighted by atomic mass is 10.1. The van der Waals surface area contributed by atoms with Crippen LogP contribution in [0.2, 0.25) is 5.02 Å². The zero-order valence-corrected chi connectivity index (χ0v) is 13.5. The lowest BCUT2D eigenvalue weighted by molar-refractivity contribution is 0.112. The van der Waals surface area contributed by atoms with Gasteiger partial charge in [-0.25, -0.2) is 8.42 Å². The van der Waals surface area contributed by atoms with Crippen LogP contribution in [0.15, 0.2) is 18.2 Å². The van der Waals surface area contributed by atoms with Crippen molar-refractivity contribution in [3.63, 3.8) is 0 Å². The summed E-state index contributed by atoms with van der Waals surface area (Å²) in [6.45, 7) is 2.26. The number of anilines is 1. The minimum Gasteiger partial charge on any atom is -0.353 e. The molecule has 2 rings (SSSR count). The normalized spacial score (nSPS) is 19.9. The van der Waals surface area contributed by atoms with E-state index in [0.29, 0.717) is 28.6 Å². The summed E-state index contributed by atoms with van der Waals surface area (Å²) in [6, 6.07) is 4.97. The Hall–Kier alpha value is -0.720. The smallest absolute Gasteiger partial charge is 0.171 e. The SMILES string of the molecule is CCS(=O)(=O)C1CSCCN1c1ccc(Cl)cc1C=O. The first-order valence-electron chi connectivity index (χ1n) is 6.30. The summed E-state index contributed by atoms with van der Waals surface area (Å²) in [6.07, 6.45) is 0.721. The van der Waals surface area contributed by atoms with Crippen LogP contribution in [0.25, 0.3) is 0 Å². The summed E-state index contributed by atoms with van der Waals surface area (Å²) < 4.78 is 24.5. The van der Waals surface area contributed by atoms with E-state index in [1.54, 1.807) is 36.9 Å². The molecule has 0 aromatic heterocycles. The van der Waals surface area contributed by atoms with E-state index in [9.17, 15) is 13.2 Å². The molecule has 1 aliphatic rings. The minimum absolute atomic E-state index is 0.0960. The van der Waals surface area contributed by atoms with Gasteiger partial charge in [0.1, 0.15) is 5.37 Å². The highest BCUT2D eigenvalue weighted by Gasteiger charge is 2.33. The van der Waals surface area contributed by atoms with Gasteiger partial charge in [-0.3, -0.25) is 4.79 Å². The number of hydrogen-bond acceptors (Lipinski definition) is 5. The summed E-state index contributed by atoms with van der Waals surface area (Å²) in [5.41, 5.74) is 1.08. The van der Waals surface area contributed by atoms with Crippen LogP contribution >= 0.6 is 23.4 Å². The van der Waals surface area contributed by atoms with Crippen molar-refractivity contribution < 1.29 is 13.2 Å². The number of thioether (sulfide) groups is 1. The molecule has 1 aromatic carbocycles.